The van der Waals surface area contributed by atoms with Gasteiger partial charge >= 0.3 is 6.09 Å². The molecule has 1 fully saturated rings. The molecule has 1 saturated heterocycles. The van der Waals surface area contributed by atoms with Gasteiger partial charge in [-0.3, -0.25) is 9.59 Å². The van der Waals surface area contributed by atoms with Crippen LogP contribution >= 0.6 is 23.1 Å². The predicted molar refractivity (Wildman–Crippen MR) is 125 cm³/mol. The lowest BCUT2D eigenvalue weighted by molar-refractivity contribution is -0.129. The van der Waals surface area contributed by atoms with Crippen molar-refractivity contribution >= 4 is 51.2 Å². The number of carbonyl (C=O) groups is 3. The number of piperazine rings is 1. The van der Waals surface area contributed by atoms with Crippen molar-refractivity contribution in [3.8, 4) is 0 Å². The van der Waals surface area contributed by atoms with E-state index in [0.29, 0.717) is 50.7 Å². The van der Waals surface area contributed by atoms with Crippen LogP contribution in [0.4, 0.5) is 4.79 Å². The number of benzene rings is 1. The molecule has 1 aliphatic heterocycles. The van der Waals surface area contributed by atoms with Crippen molar-refractivity contribution in [3.05, 3.63) is 29.1 Å². The van der Waals surface area contributed by atoms with Gasteiger partial charge in [-0.15, -0.1) is 11.8 Å². The number of aromatic nitrogens is 1. The predicted octanol–water partition coefficient (Wildman–Crippen LogP) is 1.81. The normalized spacial score (nSPS) is 14.8. The summed E-state index contributed by atoms with van der Waals surface area (Å²) in [5, 5.41) is 0. The van der Waals surface area contributed by atoms with E-state index in [2.05, 4.69) is 4.99 Å². The second-order valence-electron chi connectivity index (χ2n) is 7.06. The van der Waals surface area contributed by atoms with Crippen molar-refractivity contribution in [3.63, 3.8) is 0 Å². The van der Waals surface area contributed by atoms with E-state index in [4.69, 9.17) is 9.47 Å². The first-order valence-corrected chi connectivity index (χ1v) is 12.4. The van der Waals surface area contributed by atoms with Crippen LogP contribution < -0.4 is 4.80 Å². The molecule has 174 valence electrons. The average Bonchev–Trinajstić information content (AvgIpc) is 3.14. The zero-order chi connectivity index (χ0) is 22.9. The maximum absolute atomic E-state index is 12.4. The highest BCUT2D eigenvalue weighted by Gasteiger charge is 2.24. The van der Waals surface area contributed by atoms with Crippen LogP contribution in [0, 0.1) is 0 Å². The number of nitrogens with zero attached hydrogens (tertiary/aromatic N) is 4. The lowest BCUT2D eigenvalue weighted by atomic mass is 10.3. The number of thiazole rings is 1. The zero-order valence-electron chi connectivity index (χ0n) is 18.3. The number of methoxy groups -OCH3 is 1. The van der Waals surface area contributed by atoms with Gasteiger partial charge in [-0.2, -0.15) is 4.99 Å². The summed E-state index contributed by atoms with van der Waals surface area (Å²) in [6, 6.07) is 7.92. The van der Waals surface area contributed by atoms with Crippen molar-refractivity contribution in [1.29, 1.82) is 0 Å². The van der Waals surface area contributed by atoms with Gasteiger partial charge in [0.25, 0.3) is 5.91 Å². The Morgan fingerprint density at radius 2 is 1.81 bits per heavy atom. The number of hydrogen-bond donors (Lipinski definition) is 0. The smallest absolute Gasteiger partial charge is 0.409 e. The molecule has 0 atom stereocenters. The quantitative estimate of drug-likeness (QED) is 0.572. The van der Waals surface area contributed by atoms with Crippen molar-refractivity contribution in [2.24, 2.45) is 4.99 Å². The third-order valence-electron chi connectivity index (χ3n) is 4.94. The molecule has 0 bridgehead atoms. The Hall–Kier alpha value is -2.37. The highest BCUT2D eigenvalue weighted by molar-refractivity contribution is 8.00. The van der Waals surface area contributed by atoms with Gasteiger partial charge in [-0.25, -0.2) is 4.79 Å². The minimum absolute atomic E-state index is 0.0386. The van der Waals surface area contributed by atoms with E-state index in [9.17, 15) is 14.4 Å². The van der Waals surface area contributed by atoms with Crippen LogP contribution in [-0.2, 0) is 25.6 Å². The maximum Gasteiger partial charge on any atom is 0.409 e. The van der Waals surface area contributed by atoms with Gasteiger partial charge in [-0.05, 0) is 19.1 Å². The van der Waals surface area contributed by atoms with Gasteiger partial charge in [0, 0.05) is 39.8 Å². The Morgan fingerprint density at radius 3 is 2.53 bits per heavy atom. The molecule has 0 radical (unpaired) electrons. The number of rotatable bonds is 8. The van der Waals surface area contributed by atoms with E-state index in [-0.39, 0.29) is 29.4 Å². The second-order valence-corrected chi connectivity index (χ2v) is 9.06. The third kappa shape index (κ3) is 6.33. The van der Waals surface area contributed by atoms with Gasteiger partial charge in [0.1, 0.15) is 0 Å². The van der Waals surface area contributed by atoms with Crippen molar-refractivity contribution in [1.82, 2.24) is 14.4 Å². The minimum atomic E-state index is -0.342. The van der Waals surface area contributed by atoms with Crippen LogP contribution in [0.5, 0.6) is 0 Å². The number of fused-ring (bicyclic) bond motifs is 1. The molecule has 2 aromatic rings. The molecule has 2 heterocycles. The highest BCUT2D eigenvalue weighted by atomic mass is 32.2. The number of hydrogen-bond acceptors (Lipinski definition) is 7. The number of ether oxygens (including phenoxy) is 2. The molecule has 3 amide bonds. The Balaban J connectivity index is 1.52. The fourth-order valence-electron chi connectivity index (χ4n) is 3.31. The third-order valence-corrected chi connectivity index (χ3v) is 6.90. The van der Waals surface area contributed by atoms with Gasteiger partial charge < -0.3 is 23.8 Å². The van der Waals surface area contributed by atoms with Crippen molar-refractivity contribution < 1.29 is 23.9 Å². The fourth-order valence-corrected chi connectivity index (χ4v) is 5.09. The summed E-state index contributed by atoms with van der Waals surface area (Å²) in [4.78, 5) is 44.9. The molecule has 0 spiro atoms. The van der Waals surface area contributed by atoms with Gasteiger partial charge in [0.2, 0.25) is 5.91 Å². The summed E-state index contributed by atoms with van der Waals surface area (Å²) < 4.78 is 13.2. The monoisotopic (exact) mass is 480 g/mol. The summed E-state index contributed by atoms with van der Waals surface area (Å²) in [7, 11) is 1.64. The lowest BCUT2D eigenvalue weighted by Crippen LogP contribution is -2.51. The summed E-state index contributed by atoms with van der Waals surface area (Å²) in [5.74, 6) is 0.0278. The average molecular weight is 481 g/mol. The molecule has 11 heteroatoms. The Kier molecular flexibility index (Phi) is 9.12. The number of para-hydroxylation sites is 1. The first-order chi connectivity index (χ1) is 15.5. The molecule has 0 N–H and O–H groups in total. The van der Waals surface area contributed by atoms with Crippen LogP contribution in [0.3, 0.4) is 0 Å². The minimum Gasteiger partial charge on any atom is -0.450 e. The first kappa shape index (κ1) is 24.3. The molecule has 0 saturated carbocycles. The van der Waals surface area contributed by atoms with E-state index in [1.54, 1.807) is 23.8 Å². The Labute approximate surface area is 195 Å². The molecule has 9 nitrogen and oxygen atoms in total. The number of amides is 3. The van der Waals surface area contributed by atoms with Crippen LogP contribution in [0.1, 0.15) is 6.92 Å². The highest BCUT2D eigenvalue weighted by Crippen LogP contribution is 2.16. The summed E-state index contributed by atoms with van der Waals surface area (Å²) in [5.41, 5.74) is 1.02. The largest absolute Gasteiger partial charge is 0.450 e. The van der Waals surface area contributed by atoms with Crippen molar-refractivity contribution in [2.45, 2.75) is 13.5 Å². The summed E-state index contributed by atoms with van der Waals surface area (Å²) >= 11 is 2.72. The molecule has 0 unspecified atom stereocenters. The lowest BCUT2D eigenvalue weighted by Gasteiger charge is -2.34. The van der Waals surface area contributed by atoms with Crippen LogP contribution in [-0.4, -0.2) is 90.3 Å². The molecular weight excluding hydrogens is 452 g/mol. The van der Waals surface area contributed by atoms with Gasteiger partial charge in [0.15, 0.2) is 4.80 Å². The van der Waals surface area contributed by atoms with E-state index in [1.807, 2.05) is 28.8 Å². The molecule has 32 heavy (non-hydrogen) atoms. The fraction of sp³-hybridized carbons (Fsp3) is 0.524. The Bertz CT molecular complexity index is 1010. The van der Waals surface area contributed by atoms with Crippen LogP contribution in [0.2, 0.25) is 0 Å². The number of thioether (sulfide) groups is 1. The standard InChI is InChI=1S/C21H28N4O5S2/c1-3-30-21(28)24-10-8-23(9-11-24)19(27)15-31-14-18(26)22-20-25(12-13-29-2)16-6-4-5-7-17(16)32-20/h4-7H,3,8-15H2,1-2H3. The van der Waals surface area contributed by atoms with Crippen molar-refractivity contribution in [2.75, 3.05) is 58.0 Å². The molecular formula is C21H28N4O5S2. The van der Waals surface area contributed by atoms with Gasteiger partial charge in [0.05, 0.1) is 34.9 Å². The van der Waals surface area contributed by atoms with E-state index < -0.39 is 0 Å². The molecule has 0 aliphatic carbocycles. The van der Waals surface area contributed by atoms with E-state index in [0.717, 1.165) is 10.2 Å². The molecule has 1 aliphatic rings. The maximum atomic E-state index is 12.4. The Morgan fingerprint density at radius 1 is 1.09 bits per heavy atom. The topological polar surface area (TPSA) is 93.4 Å². The molecule has 3 rings (SSSR count). The van der Waals surface area contributed by atoms with E-state index >= 15 is 0 Å². The SMILES string of the molecule is CCOC(=O)N1CCN(C(=O)CSCC(=O)N=c2sc3ccccc3n2CCOC)CC1. The first-order valence-electron chi connectivity index (χ1n) is 10.5. The van der Waals surface area contributed by atoms with Crippen LogP contribution in [0.25, 0.3) is 10.2 Å². The van der Waals surface area contributed by atoms with Gasteiger partial charge in [-0.1, -0.05) is 23.5 Å². The molecule has 1 aromatic carbocycles. The summed E-state index contributed by atoms with van der Waals surface area (Å²) in [6.45, 7) is 5.08. The van der Waals surface area contributed by atoms with E-state index in [1.165, 1.54) is 23.1 Å². The van der Waals surface area contributed by atoms with Crippen LogP contribution in [0.15, 0.2) is 29.3 Å². The summed E-state index contributed by atoms with van der Waals surface area (Å²) in [6.07, 6.45) is -0.342. The molecule has 1 aromatic heterocycles. The second kappa shape index (κ2) is 12.0. The number of carbonyl (C=O) groups excluding carboxylic acids is 3. The zero-order valence-corrected chi connectivity index (χ0v) is 20.0.